The molecule has 8 heteroatoms. The topological polar surface area (TPSA) is 90.0 Å². The Morgan fingerprint density at radius 2 is 1.26 bits per heavy atom. The molecule has 3 heterocycles. The highest BCUT2D eigenvalue weighted by molar-refractivity contribution is 5.90. The molecule has 3 saturated heterocycles. The highest BCUT2D eigenvalue weighted by atomic mass is 16.2. The van der Waals surface area contributed by atoms with E-state index in [-0.39, 0.29) is 65.4 Å². The first kappa shape index (κ1) is 23.5. The summed E-state index contributed by atoms with van der Waals surface area (Å²) in [5, 5.41) is 3.10. The predicted molar refractivity (Wildman–Crippen MR) is 117 cm³/mol. The highest BCUT2D eigenvalue weighted by Crippen LogP contribution is 2.29. The SMILES string of the molecule is CC(C)(C)N1CC(C(=O)NC2CCN(C(=O)C3CC(=O)N(C(C)(C)C)C3)CC2)CC1=O. The van der Waals surface area contributed by atoms with Gasteiger partial charge in [-0.1, -0.05) is 0 Å². The van der Waals surface area contributed by atoms with Crippen LogP contribution in [0, 0.1) is 11.8 Å². The van der Waals surface area contributed by atoms with Gasteiger partial charge in [0.1, 0.15) is 0 Å². The van der Waals surface area contributed by atoms with Crippen molar-refractivity contribution in [2.75, 3.05) is 26.2 Å². The molecule has 3 aliphatic rings. The van der Waals surface area contributed by atoms with Gasteiger partial charge in [0, 0.05) is 56.1 Å². The maximum atomic E-state index is 12.9. The molecule has 0 radical (unpaired) electrons. The molecule has 3 aliphatic heterocycles. The third-order valence-electron chi connectivity index (χ3n) is 6.74. The third kappa shape index (κ3) is 5.21. The van der Waals surface area contributed by atoms with Crippen LogP contribution in [-0.4, -0.2) is 81.6 Å². The van der Waals surface area contributed by atoms with E-state index in [4.69, 9.17) is 0 Å². The van der Waals surface area contributed by atoms with Crippen molar-refractivity contribution < 1.29 is 19.2 Å². The van der Waals surface area contributed by atoms with Crippen LogP contribution in [0.25, 0.3) is 0 Å². The summed E-state index contributed by atoms with van der Waals surface area (Å²) < 4.78 is 0. The molecule has 4 amide bonds. The van der Waals surface area contributed by atoms with Crippen LogP contribution < -0.4 is 5.32 Å². The second kappa shape index (κ2) is 8.43. The van der Waals surface area contributed by atoms with Gasteiger partial charge in [0.05, 0.1) is 11.8 Å². The molecule has 174 valence electrons. The van der Waals surface area contributed by atoms with Crippen molar-refractivity contribution in [2.45, 2.75) is 84.3 Å². The van der Waals surface area contributed by atoms with Crippen LogP contribution in [0.4, 0.5) is 0 Å². The van der Waals surface area contributed by atoms with Gasteiger partial charge in [-0.05, 0) is 54.4 Å². The van der Waals surface area contributed by atoms with Crippen LogP contribution in [0.3, 0.4) is 0 Å². The summed E-state index contributed by atoms with van der Waals surface area (Å²) in [4.78, 5) is 55.6. The molecule has 0 aromatic heterocycles. The van der Waals surface area contributed by atoms with E-state index in [1.807, 2.05) is 46.4 Å². The fraction of sp³-hybridized carbons (Fsp3) is 0.826. The van der Waals surface area contributed by atoms with Crippen molar-refractivity contribution in [1.82, 2.24) is 20.0 Å². The van der Waals surface area contributed by atoms with Gasteiger partial charge in [-0.2, -0.15) is 0 Å². The van der Waals surface area contributed by atoms with Gasteiger partial charge in [-0.15, -0.1) is 0 Å². The zero-order chi connectivity index (χ0) is 23.1. The number of carbonyl (C=O) groups excluding carboxylic acids is 4. The Labute approximate surface area is 185 Å². The fourth-order valence-electron chi connectivity index (χ4n) is 4.87. The number of hydrogen-bond donors (Lipinski definition) is 1. The number of piperidine rings is 1. The first-order valence-corrected chi connectivity index (χ1v) is 11.5. The molecule has 0 bridgehead atoms. The lowest BCUT2D eigenvalue weighted by Gasteiger charge is -2.35. The monoisotopic (exact) mass is 434 g/mol. The summed E-state index contributed by atoms with van der Waals surface area (Å²) in [6.07, 6.45) is 1.95. The number of rotatable bonds is 3. The Morgan fingerprint density at radius 3 is 1.71 bits per heavy atom. The van der Waals surface area contributed by atoms with Crippen molar-refractivity contribution in [3.8, 4) is 0 Å². The average molecular weight is 435 g/mol. The van der Waals surface area contributed by atoms with E-state index in [2.05, 4.69) is 5.32 Å². The van der Waals surface area contributed by atoms with Crippen LogP contribution in [-0.2, 0) is 19.2 Å². The van der Waals surface area contributed by atoms with Crippen molar-refractivity contribution in [3.05, 3.63) is 0 Å². The first-order chi connectivity index (χ1) is 14.3. The van der Waals surface area contributed by atoms with Gasteiger partial charge in [0.2, 0.25) is 23.6 Å². The van der Waals surface area contributed by atoms with Gasteiger partial charge in [-0.25, -0.2) is 0 Å². The third-order valence-corrected chi connectivity index (χ3v) is 6.74. The zero-order valence-corrected chi connectivity index (χ0v) is 19.9. The smallest absolute Gasteiger partial charge is 0.227 e. The van der Waals surface area contributed by atoms with E-state index in [9.17, 15) is 19.2 Å². The fourth-order valence-corrected chi connectivity index (χ4v) is 4.87. The summed E-state index contributed by atoms with van der Waals surface area (Å²) in [5.74, 6) is -0.518. The molecule has 0 aromatic carbocycles. The normalized spacial score (nSPS) is 26.1. The minimum absolute atomic E-state index is 0.0200. The molecule has 2 unspecified atom stereocenters. The lowest BCUT2D eigenvalue weighted by atomic mass is 10.00. The molecular formula is C23H38N4O4. The average Bonchev–Trinajstić information content (AvgIpc) is 3.24. The molecule has 3 rings (SSSR count). The van der Waals surface area contributed by atoms with Crippen molar-refractivity contribution in [1.29, 1.82) is 0 Å². The molecular weight excluding hydrogens is 396 g/mol. The standard InChI is InChI=1S/C23H38N4O4/c1-22(2,3)26-13-15(11-18(26)28)20(30)24-17-7-9-25(10-8-17)21(31)16-12-19(29)27(14-16)23(4,5)6/h15-17H,7-14H2,1-6H3,(H,24,30). The Balaban J connectivity index is 1.47. The second-order valence-corrected chi connectivity index (χ2v) is 11.3. The predicted octanol–water partition coefficient (Wildman–Crippen LogP) is 1.39. The summed E-state index contributed by atoms with van der Waals surface area (Å²) in [5.41, 5.74) is -0.546. The molecule has 0 aromatic rings. The van der Waals surface area contributed by atoms with Crippen molar-refractivity contribution in [2.24, 2.45) is 11.8 Å². The van der Waals surface area contributed by atoms with E-state index in [0.717, 1.165) is 0 Å². The van der Waals surface area contributed by atoms with Crippen LogP contribution >= 0.6 is 0 Å². The Morgan fingerprint density at radius 1 is 0.806 bits per heavy atom. The van der Waals surface area contributed by atoms with Gasteiger partial charge < -0.3 is 20.0 Å². The van der Waals surface area contributed by atoms with Gasteiger partial charge in [0.25, 0.3) is 0 Å². The maximum Gasteiger partial charge on any atom is 0.227 e. The van der Waals surface area contributed by atoms with E-state index in [1.165, 1.54) is 0 Å². The zero-order valence-electron chi connectivity index (χ0n) is 19.9. The number of nitrogens with zero attached hydrogens (tertiary/aromatic N) is 3. The van der Waals surface area contributed by atoms with Crippen LogP contribution in [0.1, 0.15) is 67.2 Å². The molecule has 2 atom stereocenters. The van der Waals surface area contributed by atoms with Gasteiger partial charge in [0.15, 0.2) is 0 Å². The molecule has 31 heavy (non-hydrogen) atoms. The van der Waals surface area contributed by atoms with Crippen LogP contribution in [0.15, 0.2) is 0 Å². The minimum atomic E-state index is -0.306. The first-order valence-electron chi connectivity index (χ1n) is 11.5. The van der Waals surface area contributed by atoms with E-state index in [1.54, 1.807) is 9.80 Å². The maximum absolute atomic E-state index is 12.9. The van der Waals surface area contributed by atoms with Gasteiger partial charge in [-0.3, -0.25) is 19.2 Å². The summed E-state index contributed by atoms with van der Waals surface area (Å²) >= 11 is 0. The number of hydrogen-bond acceptors (Lipinski definition) is 4. The van der Waals surface area contributed by atoms with Gasteiger partial charge >= 0.3 is 0 Å². The molecule has 0 spiro atoms. The Bertz CT molecular complexity index is 744. The van der Waals surface area contributed by atoms with E-state index in [0.29, 0.717) is 39.0 Å². The number of carbonyl (C=O) groups is 4. The van der Waals surface area contributed by atoms with Crippen LogP contribution in [0.2, 0.25) is 0 Å². The Kier molecular flexibility index (Phi) is 6.40. The molecule has 1 N–H and O–H groups in total. The number of likely N-dealkylation sites (tertiary alicyclic amines) is 3. The second-order valence-electron chi connectivity index (χ2n) is 11.3. The van der Waals surface area contributed by atoms with E-state index >= 15 is 0 Å². The summed E-state index contributed by atoms with van der Waals surface area (Å²) in [6.45, 7) is 14.0. The van der Waals surface area contributed by atoms with Crippen LogP contribution in [0.5, 0.6) is 0 Å². The highest BCUT2D eigenvalue weighted by Gasteiger charge is 2.42. The number of nitrogens with one attached hydrogen (secondary N) is 1. The molecule has 8 nitrogen and oxygen atoms in total. The number of amides is 4. The summed E-state index contributed by atoms with van der Waals surface area (Å²) in [7, 11) is 0. The molecule has 3 fully saturated rings. The van der Waals surface area contributed by atoms with Crippen molar-refractivity contribution >= 4 is 23.6 Å². The molecule has 0 aliphatic carbocycles. The van der Waals surface area contributed by atoms with E-state index < -0.39 is 0 Å². The Hall–Kier alpha value is -2.12. The molecule has 0 saturated carbocycles. The lowest BCUT2D eigenvalue weighted by Crippen LogP contribution is -2.50. The minimum Gasteiger partial charge on any atom is -0.353 e. The summed E-state index contributed by atoms with van der Waals surface area (Å²) in [6, 6.07) is 0.0200. The largest absolute Gasteiger partial charge is 0.353 e. The van der Waals surface area contributed by atoms with Crippen molar-refractivity contribution in [3.63, 3.8) is 0 Å². The lowest BCUT2D eigenvalue weighted by molar-refractivity contribution is -0.137. The quantitative estimate of drug-likeness (QED) is 0.727.